The van der Waals surface area contributed by atoms with Gasteiger partial charge in [-0.1, -0.05) is 0 Å². The molecule has 0 aliphatic carbocycles. The summed E-state index contributed by atoms with van der Waals surface area (Å²) in [6.07, 6.45) is -5.87. The Morgan fingerprint density at radius 1 is 0.944 bits per heavy atom. The van der Waals surface area contributed by atoms with Crippen LogP contribution in [-0.4, -0.2) is 26.1 Å². The average Bonchev–Trinajstić information content (AvgIpc) is 2.59. The minimum Gasteiger partial charge on any atom is -0.331 e. The molecule has 6 nitrogen and oxygen atoms in total. The molecule has 0 fully saturated rings. The predicted octanol–water partition coefficient (Wildman–Crippen LogP) is 0.594. The van der Waals surface area contributed by atoms with E-state index in [1.807, 2.05) is 4.98 Å². The van der Waals surface area contributed by atoms with Crippen LogP contribution in [0.2, 0.25) is 0 Å². The molecule has 2 rings (SSSR count). The SMILES string of the molecule is O=c1[nH]c(=O)c2[nH]c(C(F)(F)C(F)(F)F)nc2[nH]1. The van der Waals surface area contributed by atoms with E-state index >= 15 is 0 Å². The Labute approximate surface area is 92.9 Å². The number of aromatic nitrogens is 4. The molecular formula is C7H3F5N4O2. The topological polar surface area (TPSA) is 94.4 Å². The number of hydrogen-bond acceptors (Lipinski definition) is 3. The lowest BCUT2D eigenvalue weighted by molar-refractivity contribution is -0.292. The zero-order valence-electron chi connectivity index (χ0n) is 8.15. The van der Waals surface area contributed by atoms with Crippen molar-refractivity contribution in [2.24, 2.45) is 0 Å². The molecule has 0 saturated carbocycles. The maximum atomic E-state index is 12.9. The number of halogens is 5. The second-order valence-electron chi connectivity index (χ2n) is 3.29. The third kappa shape index (κ3) is 1.67. The number of alkyl halides is 5. The zero-order chi connectivity index (χ0) is 13.7. The highest BCUT2D eigenvalue weighted by Gasteiger charge is 2.61. The van der Waals surface area contributed by atoms with Crippen molar-refractivity contribution in [3.8, 4) is 0 Å². The Kier molecular flexibility index (Phi) is 2.31. The molecule has 3 N–H and O–H groups in total. The summed E-state index contributed by atoms with van der Waals surface area (Å²) in [5.74, 6) is -7.02. The molecule has 18 heavy (non-hydrogen) atoms. The van der Waals surface area contributed by atoms with E-state index in [4.69, 9.17) is 0 Å². The van der Waals surface area contributed by atoms with Gasteiger partial charge in [0.1, 0.15) is 5.52 Å². The quantitative estimate of drug-likeness (QED) is 0.662. The van der Waals surface area contributed by atoms with Gasteiger partial charge in [-0.2, -0.15) is 22.0 Å². The summed E-state index contributed by atoms with van der Waals surface area (Å²) in [5, 5.41) is 0. The molecule has 0 unspecified atom stereocenters. The van der Waals surface area contributed by atoms with Crippen molar-refractivity contribution in [2.45, 2.75) is 12.1 Å². The fraction of sp³-hybridized carbons (Fsp3) is 0.286. The fourth-order valence-electron chi connectivity index (χ4n) is 1.22. The first-order valence-electron chi connectivity index (χ1n) is 4.30. The fourth-order valence-corrected chi connectivity index (χ4v) is 1.22. The number of imidazole rings is 1. The molecule has 98 valence electrons. The number of fused-ring (bicyclic) bond motifs is 1. The largest absolute Gasteiger partial charge is 0.461 e. The number of nitrogens with one attached hydrogen (secondary N) is 3. The average molecular weight is 270 g/mol. The van der Waals surface area contributed by atoms with Crippen LogP contribution in [0.1, 0.15) is 5.82 Å². The van der Waals surface area contributed by atoms with Gasteiger partial charge in [0.15, 0.2) is 11.5 Å². The Morgan fingerprint density at radius 2 is 1.56 bits per heavy atom. The van der Waals surface area contributed by atoms with Gasteiger partial charge in [0, 0.05) is 0 Å². The van der Waals surface area contributed by atoms with Crippen LogP contribution in [0.5, 0.6) is 0 Å². The van der Waals surface area contributed by atoms with Crippen molar-refractivity contribution < 1.29 is 22.0 Å². The van der Waals surface area contributed by atoms with Crippen LogP contribution in [0, 0.1) is 0 Å². The standard InChI is InChI=1S/C7H3F5N4O2/c8-6(9,7(10,11)12)4-13-1-2(14-4)15-5(18)16-3(1)17/h(H3,13,14,15,16,17,18). The van der Waals surface area contributed by atoms with E-state index in [2.05, 4.69) is 4.98 Å². The number of H-pyrrole nitrogens is 3. The van der Waals surface area contributed by atoms with Crippen molar-refractivity contribution in [3.05, 3.63) is 26.7 Å². The first-order chi connectivity index (χ1) is 8.13. The van der Waals surface area contributed by atoms with Crippen molar-refractivity contribution in [3.63, 3.8) is 0 Å². The Balaban J connectivity index is 2.73. The Hall–Kier alpha value is -2.20. The summed E-state index contributed by atoms with van der Waals surface area (Å²) in [6, 6.07) is 0. The second kappa shape index (κ2) is 3.40. The molecular weight excluding hydrogens is 267 g/mol. The van der Waals surface area contributed by atoms with Gasteiger partial charge >= 0.3 is 17.8 Å². The van der Waals surface area contributed by atoms with E-state index in [-0.39, 0.29) is 0 Å². The molecule has 2 aromatic rings. The lowest BCUT2D eigenvalue weighted by Gasteiger charge is -2.16. The van der Waals surface area contributed by atoms with Crippen LogP contribution >= 0.6 is 0 Å². The van der Waals surface area contributed by atoms with Crippen molar-refractivity contribution in [2.75, 3.05) is 0 Å². The van der Waals surface area contributed by atoms with E-state index in [1.165, 1.54) is 0 Å². The second-order valence-corrected chi connectivity index (χ2v) is 3.29. The molecule has 0 aliphatic heterocycles. The predicted molar refractivity (Wildman–Crippen MR) is 47.3 cm³/mol. The number of nitrogens with zero attached hydrogens (tertiary/aromatic N) is 1. The van der Waals surface area contributed by atoms with Crippen LogP contribution < -0.4 is 11.2 Å². The number of rotatable bonds is 1. The monoisotopic (exact) mass is 270 g/mol. The zero-order valence-corrected chi connectivity index (χ0v) is 8.15. The van der Waals surface area contributed by atoms with Gasteiger partial charge in [-0.15, -0.1) is 0 Å². The van der Waals surface area contributed by atoms with E-state index < -0.39 is 40.3 Å². The lowest BCUT2D eigenvalue weighted by atomic mass is 10.3. The van der Waals surface area contributed by atoms with Gasteiger partial charge in [0.25, 0.3) is 5.56 Å². The van der Waals surface area contributed by atoms with Gasteiger partial charge in [0.2, 0.25) is 0 Å². The third-order valence-corrected chi connectivity index (χ3v) is 2.04. The summed E-state index contributed by atoms with van der Waals surface area (Å²) < 4.78 is 62.0. The van der Waals surface area contributed by atoms with Crippen LogP contribution in [0.4, 0.5) is 22.0 Å². The summed E-state index contributed by atoms with van der Waals surface area (Å²) in [6.45, 7) is 0. The summed E-state index contributed by atoms with van der Waals surface area (Å²) in [5.41, 5.74) is -3.57. The molecule has 0 spiro atoms. The first-order valence-corrected chi connectivity index (χ1v) is 4.30. The molecule has 2 heterocycles. The highest BCUT2D eigenvalue weighted by atomic mass is 19.4. The van der Waals surface area contributed by atoms with Gasteiger partial charge in [0.05, 0.1) is 0 Å². The van der Waals surface area contributed by atoms with Gasteiger partial charge < -0.3 is 4.98 Å². The number of hydrogen-bond donors (Lipinski definition) is 3. The van der Waals surface area contributed by atoms with Gasteiger partial charge in [-0.25, -0.2) is 9.78 Å². The Bertz CT molecular complexity index is 709. The molecule has 0 aromatic carbocycles. The van der Waals surface area contributed by atoms with Crippen LogP contribution in [0.3, 0.4) is 0 Å². The molecule has 0 aliphatic rings. The van der Waals surface area contributed by atoms with Gasteiger partial charge in [-0.05, 0) is 0 Å². The minimum absolute atomic E-state index is 0.673. The van der Waals surface area contributed by atoms with Crippen molar-refractivity contribution in [1.82, 2.24) is 19.9 Å². The maximum absolute atomic E-state index is 12.9. The summed E-state index contributed by atoms with van der Waals surface area (Å²) in [4.78, 5) is 29.8. The highest BCUT2D eigenvalue weighted by molar-refractivity contribution is 5.68. The lowest BCUT2D eigenvalue weighted by Crippen LogP contribution is -2.34. The molecule has 2 aromatic heterocycles. The smallest absolute Gasteiger partial charge is 0.331 e. The normalized spacial score (nSPS) is 13.2. The Morgan fingerprint density at radius 3 is 2.11 bits per heavy atom. The van der Waals surface area contributed by atoms with E-state index in [1.54, 1.807) is 9.97 Å². The van der Waals surface area contributed by atoms with E-state index in [0.29, 0.717) is 0 Å². The molecule has 0 amide bonds. The van der Waals surface area contributed by atoms with Crippen LogP contribution in [0.25, 0.3) is 11.2 Å². The summed E-state index contributed by atoms with van der Waals surface area (Å²) >= 11 is 0. The highest BCUT2D eigenvalue weighted by Crippen LogP contribution is 2.42. The molecule has 0 atom stereocenters. The summed E-state index contributed by atoms with van der Waals surface area (Å²) in [7, 11) is 0. The van der Waals surface area contributed by atoms with Crippen LogP contribution in [0.15, 0.2) is 9.59 Å². The maximum Gasteiger partial charge on any atom is 0.461 e. The number of aromatic amines is 3. The minimum atomic E-state index is -5.87. The molecule has 0 radical (unpaired) electrons. The first kappa shape index (κ1) is 12.3. The molecule has 0 bridgehead atoms. The molecule has 0 saturated heterocycles. The van der Waals surface area contributed by atoms with E-state index in [0.717, 1.165) is 0 Å². The van der Waals surface area contributed by atoms with Crippen LogP contribution in [-0.2, 0) is 5.92 Å². The van der Waals surface area contributed by atoms with Gasteiger partial charge in [-0.3, -0.25) is 14.8 Å². The van der Waals surface area contributed by atoms with E-state index in [9.17, 15) is 31.5 Å². The van der Waals surface area contributed by atoms with Crippen molar-refractivity contribution >= 4 is 11.2 Å². The molecule has 11 heteroatoms. The third-order valence-electron chi connectivity index (χ3n) is 2.04. The van der Waals surface area contributed by atoms with Crippen molar-refractivity contribution in [1.29, 1.82) is 0 Å².